The lowest BCUT2D eigenvalue weighted by molar-refractivity contribution is -0.141. The fourth-order valence-corrected chi connectivity index (χ4v) is 0.350. The zero-order valence-corrected chi connectivity index (χ0v) is 5.52. The molecule has 2 N–H and O–H groups in total. The van der Waals surface area contributed by atoms with E-state index in [0.29, 0.717) is 0 Å². The number of nitrogens with two attached hydrogens (primary N) is 1. The summed E-state index contributed by atoms with van der Waals surface area (Å²) in [6.45, 7) is -0.0663. The van der Waals surface area contributed by atoms with Crippen LogP contribution in [0.15, 0.2) is 5.11 Å². The minimum absolute atomic E-state index is 0.0663. The van der Waals surface area contributed by atoms with Gasteiger partial charge in [-0.15, -0.1) is 0 Å². The van der Waals surface area contributed by atoms with Crippen LogP contribution in [0.1, 0.15) is 0 Å². The van der Waals surface area contributed by atoms with Crippen LogP contribution in [0.2, 0.25) is 0 Å². The zero-order valence-electron chi connectivity index (χ0n) is 5.52. The summed E-state index contributed by atoms with van der Waals surface area (Å²) in [5.74, 6) is -0.576. The molecule has 0 spiro atoms. The number of methoxy groups -OCH3 is 1. The van der Waals surface area contributed by atoms with Crippen molar-refractivity contribution in [1.82, 2.24) is 0 Å². The number of azide groups is 1. The number of rotatable bonds is 3. The molecule has 0 aliphatic carbocycles. The second-order valence-electron chi connectivity index (χ2n) is 1.54. The zero-order chi connectivity index (χ0) is 7.98. The molecule has 0 saturated carbocycles. The van der Waals surface area contributed by atoms with Gasteiger partial charge in [-0.2, -0.15) is 0 Å². The second kappa shape index (κ2) is 4.60. The molecule has 0 saturated heterocycles. The lowest BCUT2D eigenvalue weighted by Gasteiger charge is -2.03. The molecular weight excluding hydrogens is 136 g/mol. The topological polar surface area (TPSA) is 101 Å². The van der Waals surface area contributed by atoms with E-state index in [4.69, 9.17) is 11.3 Å². The van der Waals surface area contributed by atoms with Crippen LogP contribution in [0.3, 0.4) is 0 Å². The molecule has 0 fully saturated rings. The molecule has 0 aromatic carbocycles. The third-order valence-electron chi connectivity index (χ3n) is 0.846. The highest BCUT2D eigenvalue weighted by atomic mass is 16.5. The van der Waals surface area contributed by atoms with Crippen LogP contribution >= 0.6 is 0 Å². The van der Waals surface area contributed by atoms with Gasteiger partial charge in [0.25, 0.3) is 0 Å². The molecule has 0 aliphatic heterocycles. The van der Waals surface area contributed by atoms with Gasteiger partial charge in [0.2, 0.25) is 0 Å². The predicted octanol–water partition coefficient (Wildman–Crippen LogP) is -0.203. The first-order valence-corrected chi connectivity index (χ1v) is 2.56. The van der Waals surface area contributed by atoms with Crippen molar-refractivity contribution in [2.75, 3.05) is 13.7 Å². The summed E-state index contributed by atoms with van der Waals surface area (Å²) < 4.78 is 4.26. The molecule has 1 atom stereocenters. The largest absolute Gasteiger partial charge is 0.468 e. The third-order valence-corrected chi connectivity index (χ3v) is 0.846. The lowest BCUT2D eigenvalue weighted by Crippen LogP contribution is -2.34. The highest BCUT2D eigenvalue weighted by molar-refractivity contribution is 5.75. The molecule has 0 radical (unpaired) electrons. The van der Waals surface area contributed by atoms with Crippen molar-refractivity contribution >= 4 is 5.97 Å². The summed E-state index contributed by atoms with van der Waals surface area (Å²) in [6, 6.07) is -0.846. The molecule has 0 aromatic rings. The van der Waals surface area contributed by atoms with Gasteiger partial charge in [-0.25, -0.2) is 0 Å². The highest BCUT2D eigenvalue weighted by Crippen LogP contribution is 1.84. The molecule has 0 aromatic heterocycles. The number of carbonyl (C=O) groups is 1. The van der Waals surface area contributed by atoms with Gasteiger partial charge in [-0.05, 0) is 5.53 Å². The van der Waals surface area contributed by atoms with Gasteiger partial charge >= 0.3 is 5.97 Å². The number of ether oxygens (including phenoxy) is 1. The quantitative estimate of drug-likeness (QED) is 0.257. The molecule has 0 heterocycles. The van der Waals surface area contributed by atoms with Crippen molar-refractivity contribution in [3.05, 3.63) is 10.4 Å². The van der Waals surface area contributed by atoms with Crippen LogP contribution in [0.5, 0.6) is 0 Å². The van der Waals surface area contributed by atoms with Crippen LogP contribution in [-0.2, 0) is 9.53 Å². The summed E-state index contributed by atoms with van der Waals surface area (Å²) in [5.41, 5.74) is 13.0. The molecule has 6 heteroatoms. The molecule has 0 amide bonds. The Hall–Kier alpha value is -1.26. The van der Waals surface area contributed by atoms with Crippen LogP contribution in [0.4, 0.5) is 0 Å². The predicted molar refractivity (Wildman–Crippen MR) is 34.0 cm³/mol. The van der Waals surface area contributed by atoms with E-state index in [2.05, 4.69) is 14.8 Å². The summed E-state index contributed by atoms with van der Waals surface area (Å²) in [6.07, 6.45) is 0. The Morgan fingerprint density at radius 3 is 3.00 bits per heavy atom. The van der Waals surface area contributed by atoms with E-state index in [1.54, 1.807) is 0 Å². The molecular formula is C4H8N4O2. The summed E-state index contributed by atoms with van der Waals surface area (Å²) in [5, 5.41) is 3.10. The Balaban J connectivity index is 3.72. The Bertz CT molecular complexity index is 163. The summed E-state index contributed by atoms with van der Waals surface area (Å²) in [7, 11) is 1.22. The molecule has 0 unspecified atom stereocenters. The Morgan fingerprint density at radius 1 is 2.00 bits per heavy atom. The minimum atomic E-state index is -0.846. The van der Waals surface area contributed by atoms with Crippen molar-refractivity contribution < 1.29 is 9.53 Å². The number of esters is 1. The molecule has 0 aliphatic rings. The summed E-state index contributed by atoms with van der Waals surface area (Å²) in [4.78, 5) is 12.9. The SMILES string of the molecule is COC(=O)[C@@H](N)CN=[N+]=[N-]. The van der Waals surface area contributed by atoms with E-state index in [-0.39, 0.29) is 6.54 Å². The average Bonchev–Trinajstić information content (AvgIpc) is 1.98. The molecule has 10 heavy (non-hydrogen) atoms. The fraction of sp³-hybridized carbons (Fsp3) is 0.750. The second-order valence-corrected chi connectivity index (χ2v) is 1.54. The molecule has 6 nitrogen and oxygen atoms in total. The first-order valence-electron chi connectivity index (χ1n) is 2.56. The van der Waals surface area contributed by atoms with Crippen LogP contribution in [0.25, 0.3) is 10.4 Å². The van der Waals surface area contributed by atoms with E-state index in [1.807, 2.05) is 0 Å². The fourth-order valence-electron chi connectivity index (χ4n) is 0.350. The van der Waals surface area contributed by atoms with Crippen molar-refractivity contribution in [3.63, 3.8) is 0 Å². The maximum atomic E-state index is 10.5. The van der Waals surface area contributed by atoms with Gasteiger partial charge in [0, 0.05) is 4.91 Å². The number of hydrogen-bond donors (Lipinski definition) is 1. The van der Waals surface area contributed by atoms with Gasteiger partial charge in [0.1, 0.15) is 6.04 Å². The monoisotopic (exact) mass is 144 g/mol. The van der Waals surface area contributed by atoms with E-state index in [0.717, 1.165) is 0 Å². The van der Waals surface area contributed by atoms with Crippen molar-refractivity contribution in [1.29, 1.82) is 0 Å². The third kappa shape index (κ3) is 2.91. The Morgan fingerprint density at radius 2 is 2.60 bits per heavy atom. The smallest absolute Gasteiger partial charge is 0.322 e. The highest BCUT2D eigenvalue weighted by Gasteiger charge is 2.10. The Labute approximate surface area is 57.6 Å². The van der Waals surface area contributed by atoms with E-state index >= 15 is 0 Å². The summed E-state index contributed by atoms with van der Waals surface area (Å²) >= 11 is 0. The standard InChI is InChI=1S/C4H8N4O2/c1-10-4(9)3(5)2-7-8-6/h3H,2,5H2,1H3/t3-/m0/s1. The molecule has 0 bridgehead atoms. The average molecular weight is 144 g/mol. The van der Waals surface area contributed by atoms with Gasteiger partial charge < -0.3 is 10.5 Å². The van der Waals surface area contributed by atoms with Crippen LogP contribution < -0.4 is 5.73 Å². The normalized spacial score (nSPS) is 11.4. The minimum Gasteiger partial charge on any atom is -0.468 e. The van der Waals surface area contributed by atoms with Crippen molar-refractivity contribution in [2.45, 2.75) is 6.04 Å². The molecule has 0 rings (SSSR count). The number of hydrogen-bond acceptors (Lipinski definition) is 4. The van der Waals surface area contributed by atoms with Crippen LogP contribution in [-0.4, -0.2) is 25.7 Å². The first kappa shape index (κ1) is 8.74. The van der Waals surface area contributed by atoms with Gasteiger partial charge in [-0.3, -0.25) is 4.79 Å². The lowest BCUT2D eigenvalue weighted by atomic mass is 10.3. The van der Waals surface area contributed by atoms with Crippen molar-refractivity contribution in [3.8, 4) is 0 Å². The maximum Gasteiger partial charge on any atom is 0.322 e. The first-order chi connectivity index (χ1) is 4.72. The van der Waals surface area contributed by atoms with Crippen LogP contribution in [0, 0.1) is 0 Å². The van der Waals surface area contributed by atoms with E-state index in [1.165, 1.54) is 7.11 Å². The van der Waals surface area contributed by atoms with Gasteiger partial charge in [-0.1, -0.05) is 5.11 Å². The van der Waals surface area contributed by atoms with E-state index in [9.17, 15) is 4.79 Å². The molecule has 56 valence electrons. The number of nitrogens with zero attached hydrogens (tertiary/aromatic N) is 3. The number of carbonyl (C=O) groups excluding carboxylic acids is 1. The maximum absolute atomic E-state index is 10.5. The van der Waals surface area contributed by atoms with Gasteiger partial charge in [0.05, 0.1) is 13.7 Å². The van der Waals surface area contributed by atoms with Crippen molar-refractivity contribution in [2.24, 2.45) is 10.8 Å². The van der Waals surface area contributed by atoms with E-state index < -0.39 is 12.0 Å². The Kier molecular flexibility index (Phi) is 4.02. The van der Waals surface area contributed by atoms with Gasteiger partial charge in [0.15, 0.2) is 0 Å².